The normalized spacial score (nSPS) is 15.1. The number of hydrogen-bond acceptors (Lipinski definition) is 7. The van der Waals surface area contributed by atoms with E-state index in [1.165, 1.54) is 33.5 Å². The molecule has 2 aromatic rings. The van der Waals surface area contributed by atoms with E-state index in [9.17, 15) is 13.2 Å². The third-order valence-corrected chi connectivity index (χ3v) is 8.85. The molecule has 1 aromatic carbocycles. The van der Waals surface area contributed by atoms with E-state index in [0.717, 1.165) is 29.2 Å². The number of benzene rings is 1. The number of sulfonamides is 1. The van der Waals surface area contributed by atoms with Crippen molar-refractivity contribution in [1.29, 1.82) is 5.26 Å². The van der Waals surface area contributed by atoms with Gasteiger partial charge in [0, 0.05) is 18.7 Å². The SMILES string of the molecule is Cc1ccc(S(=O)(=O)N2CCCCC2)cc1C(=O)Nc1nc(C)c(SCC#N)s1. The summed E-state index contributed by atoms with van der Waals surface area (Å²) >= 11 is 2.68. The Balaban J connectivity index is 1.82. The molecule has 0 radical (unpaired) electrons. The van der Waals surface area contributed by atoms with Crippen LogP contribution >= 0.6 is 23.1 Å². The average molecular weight is 451 g/mol. The molecule has 1 aromatic heterocycles. The Morgan fingerprint density at radius 1 is 1.31 bits per heavy atom. The quantitative estimate of drug-likeness (QED) is 0.672. The number of rotatable bonds is 6. The highest BCUT2D eigenvalue weighted by molar-refractivity contribution is 8.01. The van der Waals surface area contributed by atoms with Crippen LogP contribution in [0.1, 0.15) is 40.9 Å². The van der Waals surface area contributed by atoms with Crippen molar-refractivity contribution in [3.05, 3.63) is 35.0 Å². The second-order valence-corrected chi connectivity index (χ2v) is 10.9. The number of amides is 1. The molecule has 10 heteroatoms. The van der Waals surface area contributed by atoms with Gasteiger partial charge in [-0.15, -0.1) is 0 Å². The number of nitrogens with one attached hydrogen (secondary N) is 1. The number of carbonyl (C=O) groups excluding carboxylic acids is 1. The average Bonchev–Trinajstić information content (AvgIpc) is 3.06. The largest absolute Gasteiger partial charge is 0.298 e. The van der Waals surface area contributed by atoms with Gasteiger partial charge in [-0.2, -0.15) is 9.57 Å². The van der Waals surface area contributed by atoms with Gasteiger partial charge in [-0.3, -0.25) is 10.1 Å². The summed E-state index contributed by atoms with van der Waals surface area (Å²) in [5.41, 5.74) is 1.75. The Bertz CT molecular complexity index is 1050. The van der Waals surface area contributed by atoms with Crippen LogP contribution in [0.3, 0.4) is 0 Å². The summed E-state index contributed by atoms with van der Waals surface area (Å²) in [6.45, 7) is 4.62. The summed E-state index contributed by atoms with van der Waals surface area (Å²) in [6, 6.07) is 6.73. The highest BCUT2D eigenvalue weighted by atomic mass is 32.2. The second-order valence-electron chi connectivity index (χ2n) is 6.73. The maximum atomic E-state index is 12.9. The molecule has 0 bridgehead atoms. The Hall–Kier alpha value is -1.93. The van der Waals surface area contributed by atoms with E-state index >= 15 is 0 Å². The molecule has 2 heterocycles. The van der Waals surface area contributed by atoms with Gasteiger partial charge in [0.2, 0.25) is 10.0 Å². The van der Waals surface area contributed by atoms with Crippen molar-refractivity contribution in [3.63, 3.8) is 0 Å². The van der Waals surface area contributed by atoms with Gasteiger partial charge >= 0.3 is 0 Å². The van der Waals surface area contributed by atoms with Gasteiger partial charge in [-0.1, -0.05) is 35.6 Å². The van der Waals surface area contributed by atoms with Gasteiger partial charge in [0.05, 0.1) is 26.6 Å². The molecule has 0 aliphatic carbocycles. The number of nitrogens with zero attached hydrogens (tertiary/aromatic N) is 3. The molecule has 3 rings (SSSR count). The smallest absolute Gasteiger partial charge is 0.257 e. The van der Waals surface area contributed by atoms with E-state index in [1.807, 2.05) is 6.92 Å². The summed E-state index contributed by atoms with van der Waals surface area (Å²) in [6.07, 6.45) is 2.75. The van der Waals surface area contributed by atoms with Crippen molar-refractivity contribution >= 4 is 44.2 Å². The van der Waals surface area contributed by atoms with E-state index in [-0.39, 0.29) is 4.90 Å². The van der Waals surface area contributed by atoms with Gasteiger partial charge in [0.25, 0.3) is 5.91 Å². The molecule has 29 heavy (non-hydrogen) atoms. The first-order chi connectivity index (χ1) is 13.8. The Morgan fingerprint density at radius 2 is 2.03 bits per heavy atom. The lowest BCUT2D eigenvalue weighted by Gasteiger charge is -2.26. The van der Waals surface area contributed by atoms with Crippen LogP contribution in [0.2, 0.25) is 0 Å². The van der Waals surface area contributed by atoms with Gasteiger partial charge in [-0.25, -0.2) is 13.4 Å². The van der Waals surface area contributed by atoms with Crippen LogP contribution in [-0.2, 0) is 10.0 Å². The Morgan fingerprint density at radius 3 is 2.72 bits per heavy atom. The summed E-state index contributed by atoms with van der Waals surface area (Å²) in [7, 11) is -3.61. The molecule has 1 N–H and O–H groups in total. The molecule has 1 aliphatic rings. The highest BCUT2D eigenvalue weighted by Crippen LogP contribution is 2.32. The van der Waals surface area contributed by atoms with Crippen molar-refractivity contribution in [3.8, 4) is 6.07 Å². The highest BCUT2D eigenvalue weighted by Gasteiger charge is 2.27. The lowest BCUT2D eigenvalue weighted by molar-refractivity contribution is 0.102. The third kappa shape index (κ3) is 4.98. The van der Waals surface area contributed by atoms with Crippen molar-refractivity contribution in [2.75, 3.05) is 24.2 Å². The summed E-state index contributed by atoms with van der Waals surface area (Å²) in [5, 5.41) is 11.9. The zero-order valence-corrected chi connectivity index (χ0v) is 18.7. The Labute approximate surface area is 179 Å². The monoisotopic (exact) mass is 450 g/mol. The molecule has 0 atom stereocenters. The fourth-order valence-corrected chi connectivity index (χ4v) is 6.43. The zero-order valence-electron chi connectivity index (χ0n) is 16.3. The molecule has 0 unspecified atom stereocenters. The number of anilines is 1. The fourth-order valence-electron chi connectivity index (χ4n) is 3.09. The first-order valence-electron chi connectivity index (χ1n) is 9.22. The van der Waals surface area contributed by atoms with E-state index < -0.39 is 15.9 Å². The molecule has 1 aliphatic heterocycles. The van der Waals surface area contributed by atoms with Crippen LogP contribution in [0.15, 0.2) is 27.3 Å². The number of hydrogen-bond donors (Lipinski definition) is 1. The predicted molar refractivity (Wildman–Crippen MR) is 115 cm³/mol. The lowest BCUT2D eigenvalue weighted by atomic mass is 10.1. The first-order valence-corrected chi connectivity index (χ1v) is 12.5. The summed E-state index contributed by atoms with van der Waals surface area (Å²) < 4.78 is 28.2. The fraction of sp³-hybridized carbons (Fsp3) is 0.421. The number of carbonyl (C=O) groups is 1. The van der Waals surface area contributed by atoms with Crippen LogP contribution in [0, 0.1) is 25.2 Å². The van der Waals surface area contributed by atoms with Crippen molar-refractivity contribution in [2.24, 2.45) is 0 Å². The molecule has 1 amide bonds. The molecular weight excluding hydrogens is 428 g/mol. The van der Waals surface area contributed by atoms with E-state index in [0.29, 0.717) is 35.1 Å². The van der Waals surface area contributed by atoms with Gasteiger partial charge < -0.3 is 0 Å². The molecule has 7 nitrogen and oxygen atoms in total. The molecular formula is C19H22N4O3S3. The van der Waals surface area contributed by atoms with Crippen LogP contribution in [0.5, 0.6) is 0 Å². The van der Waals surface area contributed by atoms with E-state index in [1.54, 1.807) is 19.1 Å². The minimum absolute atomic E-state index is 0.135. The minimum atomic E-state index is -3.61. The van der Waals surface area contributed by atoms with Crippen molar-refractivity contribution in [1.82, 2.24) is 9.29 Å². The Kier molecular flexibility index (Phi) is 6.95. The van der Waals surface area contributed by atoms with Gasteiger partial charge in [0.1, 0.15) is 0 Å². The van der Waals surface area contributed by atoms with Crippen molar-refractivity contribution < 1.29 is 13.2 Å². The van der Waals surface area contributed by atoms with Gasteiger partial charge in [0.15, 0.2) is 5.13 Å². The lowest BCUT2D eigenvalue weighted by Crippen LogP contribution is -2.35. The van der Waals surface area contributed by atoms with E-state index in [4.69, 9.17) is 5.26 Å². The third-order valence-electron chi connectivity index (χ3n) is 4.65. The number of piperidine rings is 1. The molecule has 1 saturated heterocycles. The number of thiazole rings is 1. The molecule has 0 saturated carbocycles. The molecule has 0 spiro atoms. The minimum Gasteiger partial charge on any atom is -0.298 e. The first kappa shape index (κ1) is 21.8. The van der Waals surface area contributed by atoms with Gasteiger partial charge in [-0.05, 0) is 44.4 Å². The number of aromatic nitrogens is 1. The summed E-state index contributed by atoms with van der Waals surface area (Å²) in [4.78, 5) is 17.3. The zero-order chi connectivity index (χ0) is 21.0. The predicted octanol–water partition coefficient (Wildman–Crippen LogP) is 3.80. The van der Waals surface area contributed by atoms with Crippen molar-refractivity contribution in [2.45, 2.75) is 42.2 Å². The number of nitriles is 1. The topological polar surface area (TPSA) is 103 Å². The standard InChI is InChI=1S/C19H22N4O3S3/c1-13-6-7-15(29(25,26)23-9-4-3-5-10-23)12-16(13)17(24)22-19-21-14(2)18(28-19)27-11-8-20/h6-7,12H,3-5,9-11H2,1-2H3,(H,21,22,24). The maximum Gasteiger partial charge on any atom is 0.257 e. The van der Waals surface area contributed by atoms with E-state index in [2.05, 4.69) is 16.4 Å². The van der Waals surface area contributed by atoms with Crippen LogP contribution in [0.25, 0.3) is 0 Å². The molecule has 154 valence electrons. The van der Waals surface area contributed by atoms with Crippen LogP contribution < -0.4 is 5.32 Å². The van der Waals surface area contributed by atoms with Crippen LogP contribution in [-0.4, -0.2) is 42.5 Å². The van der Waals surface area contributed by atoms with Crippen LogP contribution in [0.4, 0.5) is 5.13 Å². The number of aryl methyl sites for hydroxylation is 2. The number of thioether (sulfide) groups is 1. The molecule has 1 fully saturated rings. The maximum absolute atomic E-state index is 12.9. The summed E-state index contributed by atoms with van der Waals surface area (Å²) in [5.74, 6) is -0.0878. The second kappa shape index (κ2) is 9.26.